The van der Waals surface area contributed by atoms with Gasteiger partial charge in [0.15, 0.2) is 0 Å². The molecule has 0 spiro atoms. The fourth-order valence-corrected chi connectivity index (χ4v) is 21.1. The molecule has 12 aromatic heterocycles. The summed E-state index contributed by atoms with van der Waals surface area (Å²) in [5, 5.41) is 13.5. The summed E-state index contributed by atoms with van der Waals surface area (Å²) >= 11 is 1.72. The predicted molar refractivity (Wildman–Crippen MR) is 576 cm³/mol. The van der Waals surface area contributed by atoms with Crippen LogP contribution in [0.25, 0.3) is 147 Å². The van der Waals surface area contributed by atoms with E-state index in [1.165, 1.54) is 37.5 Å². The van der Waals surface area contributed by atoms with E-state index in [-0.39, 0.29) is 79.4 Å². The van der Waals surface area contributed by atoms with Crippen LogP contribution in [0.1, 0.15) is 79.0 Å². The molecule has 3 aliphatic heterocycles. The van der Waals surface area contributed by atoms with Crippen molar-refractivity contribution >= 4 is 192 Å². The molecule has 0 unspecified atom stereocenters. The molecule has 0 saturated heterocycles. The number of hydrogen-bond donors (Lipinski definition) is 0. The van der Waals surface area contributed by atoms with Gasteiger partial charge in [0.25, 0.3) is 0 Å². The second-order valence-electron chi connectivity index (χ2n) is 39.4. The fraction of sp³-hybridized carbons (Fsp3) is 0.132. The van der Waals surface area contributed by atoms with E-state index in [4.69, 9.17) is 33.6 Å². The Labute approximate surface area is 886 Å². The molecule has 0 saturated carbocycles. The number of furan rings is 1. The van der Waals surface area contributed by atoms with Gasteiger partial charge in [0, 0.05) is 236 Å². The van der Waals surface area contributed by atoms with Gasteiger partial charge in [-0.25, -0.2) is 29.9 Å². The zero-order chi connectivity index (χ0) is 96.5. The van der Waals surface area contributed by atoms with Crippen molar-refractivity contribution in [3.63, 3.8) is 0 Å². The van der Waals surface area contributed by atoms with Gasteiger partial charge in [-0.1, -0.05) is 133 Å². The molecule has 24 heteroatoms. The fourth-order valence-electron chi connectivity index (χ4n) is 20.0. The van der Waals surface area contributed by atoms with Crippen molar-refractivity contribution in [3.8, 4) is 52.0 Å². The van der Waals surface area contributed by atoms with Gasteiger partial charge in [0.05, 0.1) is 5.52 Å². The molecule has 0 aliphatic carbocycles. The summed E-state index contributed by atoms with van der Waals surface area (Å²) in [7, 11) is 8.26. The number of pyridine rings is 6. The maximum absolute atomic E-state index is 6.48. The Bertz CT molecular complexity index is 8910. The molecule has 3 aliphatic rings. The number of aromatic nitrogens is 10. The summed E-state index contributed by atoms with van der Waals surface area (Å²) in [6, 6.07) is 115. The second kappa shape index (κ2) is 37.0. The largest absolute Gasteiger partial charge is 0.509 e. The van der Waals surface area contributed by atoms with E-state index in [9.17, 15) is 0 Å². The summed E-state index contributed by atoms with van der Waals surface area (Å²) < 4.78 is 35.4. The molecule has 12 aromatic carbocycles. The standard InChI is InChI=1S/C41H33N6O.C40H30N5O2.C40H30N5OS.3Pt/c1-41(2,3)26-17-19-42-39(20-26)47-34-14-7-6-12-30(34)31-16-15-29(22-36(31)47)48-28-11-8-10-27(21-28)46-25-44(4)37-23-33-32-13-9-18-43-40(32)45(5)35(33)24-38(37)46;2*1-40(2,3)25-16-18-41-38(19-25)45-33-13-6-5-11-29(33)30-15-14-28(21-34(30)45)46-27-10-7-9-26(20-27)44-24-43(4)35-22-32-31-12-8-17-42-39(31)47-37(32)23-36(35)44;;;/h6-20,23-25H,1-5H3;2*5-19,22-24H,1-4H3;;;/q3*-3;;;. The summed E-state index contributed by atoms with van der Waals surface area (Å²) in [4.78, 5) is 41.9. The number of ether oxygens (including phenoxy) is 3. The van der Waals surface area contributed by atoms with Gasteiger partial charge in [-0.15, -0.1) is 136 Å². The van der Waals surface area contributed by atoms with Crippen LogP contribution < -0.4 is 43.6 Å². The summed E-state index contributed by atoms with van der Waals surface area (Å²) in [6.07, 6.45) is 11.1. The molecule has 0 fully saturated rings. The van der Waals surface area contributed by atoms with Crippen LogP contribution in [0.4, 0.5) is 51.2 Å². The van der Waals surface area contributed by atoms with Gasteiger partial charge in [0.1, 0.15) is 33.5 Å². The third-order valence-electron chi connectivity index (χ3n) is 27.2. The normalized spacial score (nSPS) is 13.1. The average molecular weight is 2450 g/mol. The third kappa shape index (κ3) is 16.8. The summed E-state index contributed by atoms with van der Waals surface area (Å²) in [6.45, 7) is 26.2. The number of benzene rings is 12. The maximum atomic E-state index is 6.48. The van der Waals surface area contributed by atoms with E-state index in [0.29, 0.717) is 40.2 Å². The Morgan fingerprint density at radius 2 is 0.662 bits per heavy atom. The van der Waals surface area contributed by atoms with Crippen molar-refractivity contribution in [1.82, 2.24) is 48.2 Å². The van der Waals surface area contributed by atoms with Crippen LogP contribution in [0.2, 0.25) is 0 Å². The first-order valence-corrected chi connectivity index (χ1v) is 48.2. The average Bonchev–Trinajstić information content (AvgIpc) is 1.58. The first kappa shape index (κ1) is 94.9. The molecule has 0 amide bonds. The minimum absolute atomic E-state index is 0. The number of anilines is 9. The number of aryl methyl sites for hydroxylation is 1. The van der Waals surface area contributed by atoms with Crippen LogP contribution in [0, 0.1) is 56.4 Å². The minimum Gasteiger partial charge on any atom is -0.509 e. The van der Waals surface area contributed by atoms with Crippen LogP contribution in [0.5, 0.6) is 34.5 Å². The number of para-hydroxylation sites is 3. The first-order valence-electron chi connectivity index (χ1n) is 47.4. The molecule has 145 heavy (non-hydrogen) atoms. The number of nitrogens with zero attached hydrogens (tertiary/aromatic N) is 16. The predicted octanol–water partition coefficient (Wildman–Crippen LogP) is 29.8. The van der Waals surface area contributed by atoms with Crippen LogP contribution in [-0.2, 0) is 86.5 Å². The Kier molecular flexibility index (Phi) is 24.2. The Hall–Kier alpha value is -15.0. The Morgan fingerprint density at radius 1 is 0.290 bits per heavy atom. The number of hydrogen-bond acceptors (Lipinski definition) is 17. The van der Waals surface area contributed by atoms with E-state index >= 15 is 0 Å². The smallest absolute Gasteiger partial charge is 0.227 e. The van der Waals surface area contributed by atoms with E-state index in [2.05, 4.69) is 391 Å². The molecular formula is C121H93N16O4Pt3S-9. The van der Waals surface area contributed by atoms with Gasteiger partial charge in [-0.2, -0.15) is 56.4 Å². The van der Waals surface area contributed by atoms with Crippen molar-refractivity contribution in [3.05, 3.63) is 383 Å². The van der Waals surface area contributed by atoms with Gasteiger partial charge >= 0.3 is 0 Å². The van der Waals surface area contributed by atoms with Gasteiger partial charge in [-0.3, -0.25) is 0 Å². The third-order valence-corrected chi connectivity index (χ3v) is 28.3. The number of fused-ring (bicyclic) bond motifs is 21. The van der Waals surface area contributed by atoms with Crippen molar-refractivity contribution < 1.29 is 81.8 Å². The molecule has 0 atom stereocenters. The van der Waals surface area contributed by atoms with Gasteiger partial charge in [0.2, 0.25) is 5.71 Å². The van der Waals surface area contributed by atoms with E-state index < -0.39 is 0 Å². The molecule has 20 nitrogen and oxygen atoms in total. The first-order chi connectivity index (χ1) is 68.9. The van der Waals surface area contributed by atoms with Crippen LogP contribution in [0.15, 0.2) is 315 Å². The molecule has 27 rings (SSSR count). The zero-order valence-corrected chi connectivity index (χ0v) is 89.0. The van der Waals surface area contributed by atoms with E-state index in [0.717, 1.165) is 172 Å². The Balaban J connectivity index is 0.000000123. The molecular weight excluding hydrogens is 2360 g/mol. The van der Waals surface area contributed by atoms with Crippen molar-refractivity contribution in [2.24, 2.45) is 7.05 Å². The molecule has 0 radical (unpaired) electrons. The SMILES string of the molecule is CN1[CH-]N(c2[c-]c(Oc3[c-]c4c(cc3)c3ccccc3n4-c3cc(C(C)(C)C)ccn3)ccc2)c2cc3c(cc21)c1cccnc1n3C.CN1[CH-]N(c2[c-]c(Oc3[c-]c4c(cc3)c3ccccc3n4-c3cc(C(C)(C)C)ccn3)ccc2)c2cc3oc4ncccc4c3cc21.CN1[CH-]N(c2[c-]c(Oc3[c-]c4c(cc3)c3ccccc3n4-c3cc(C(C)(C)C)ccn3)ccc2)c2cc3sc4ncccc4c3cc21.[Pt].[Pt].[Pt]. The maximum Gasteiger partial charge on any atom is 0.227 e. The molecule has 0 bridgehead atoms. The van der Waals surface area contributed by atoms with E-state index in [1.807, 2.05) is 123 Å². The monoisotopic (exact) mass is 2450 g/mol. The molecule has 0 N–H and O–H groups in total. The topological polar surface area (TPSA) is 157 Å². The zero-order valence-electron chi connectivity index (χ0n) is 81.3. The molecule has 24 aromatic rings. The second-order valence-corrected chi connectivity index (χ2v) is 40.5. The summed E-state index contributed by atoms with van der Waals surface area (Å²) in [5.41, 5.74) is 22.3. The van der Waals surface area contributed by atoms with Crippen LogP contribution in [0.3, 0.4) is 0 Å². The van der Waals surface area contributed by atoms with Crippen LogP contribution in [-0.4, -0.2) is 69.3 Å². The minimum atomic E-state index is -0.00729. The molecule has 726 valence electrons. The van der Waals surface area contributed by atoms with Gasteiger partial charge < -0.3 is 66.3 Å². The Morgan fingerprint density at radius 3 is 1.10 bits per heavy atom. The number of rotatable bonds is 12. The summed E-state index contributed by atoms with van der Waals surface area (Å²) in [5.74, 6) is 6.22. The van der Waals surface area contributed by atoms with Crippen LogP contribution >= 0.6 is 11.3 Å². The molecule has 15 heterocycles. The number of thiophene rings is 1. The van der Waals surface area contributed by atoms with Gasteiger partial charge in [-0.05, 0) is 192 Å². The van der Waals surface area contributed by atoms with Crippen molar-refractivity contribution in [2.45, 2.75) is 78.6 Å². The van der Waals surface area contributed by atoms with Crippen molar-refractivity contribution in [1.29, 1.82) is 0 Å². The quantitative estimate of drug-likeness (QED) is 0.106. The van der Waals surface area contributed by atoms with Crippen molar-refractivity contribution in [2.75, 3.05) is 50.5 Å². The van der Waals surface area contributed by atoms with E-state index in [1.54, 1.807) is 17.5 Å².